The highest BCUT2D eigenvalue weighted by atomic mass is 19.3. The Labute approximate surface area is 66.4 Å². The van der Waals surface area contributed by atoms with Crippen molar-refractivity contribution in [2.45, 2.75) is 5.92 Å². The van der Waals surface area contributed by atoms with E-state index in [1.54, 1.807) is 0 Å². The second kappa shape index (κ2) is 2.80. The number of carbonyl (C=O) groups is 1. The molecule has 0 fully saturated rings. The normalized spacial score (nSPS) is 11.2. The number of primary amides is 1. The van der Waals surface area contributed by atoms with Crippen LogP contribution in [-0.2, 0) is 10.7 Å². The number of rotatable bonds is 2. The number of amides is 1. The monoisotopic (exact) mass is 173 g/mol. The van der Waals surface area contributed by atoms with Gasteiger partial charge in [0.15, 0.2) is 0 Å². The third-order valence-electron chi connectivity index (χ3n) is 1.16. The average molecular weight is 173 g/mol. The first-order chi connectivity index (χ1) is 5.55. The molecule has 0 aliphatic carbocycles. The molecule has 1 amide bonds. The van der Waals surface area contributed by atoms with Crippen molar-refractivity contribution >= 4 is 5.91 Å². The molecule has 0 bridgehead atoms. The van der Waals surface area contributed by atoms with Gasteiger partial charge in [-0.05, 0) is 6.07 Å². The highest BCUT2D eigenvalue weighted by Crippen LogP contribution is 2.22. The fourth-order valence-electron chi connectivity index (χ4n) is 0.571. The first-order valence-electron chi connectivity index (χ1n) is 3.00. The molecular weight excluding hydrogens is 168 g/mol. The van der Waals surface area contributed by atoms with Gasteiger partial charge in [0.25, 0.3) is 5.91 Å². The molecule has 0 atom stereocenters. The van der Waals surface area contributed by atoms with E-state index in [9.17, 15) is 13.6 Å². The largest absolute Gasteiger partial charge is 0.382 e. The summed E-state index contributed by atoms with van der Waals surface area (Å²) in [5, 5.41) is 0. The van der Waals surface area contributed by atoms with Gasteiger partial charge in [0.05, 0.1) is 0 Å². The van der Waals surface area contributed by atoms with Gasteiger partial charge < -0.3 is 5.73 Å². The first kappa shape index (κ1) is 8.51. The first-order valence-corrected chi connectivity index (χ1v) is 3.00. The van der Waals surface area contributed by atoms with Crippen LogP contribution in [0.3, 0.4) is 0 Å². The molecule has 0 aromatic carbocycles. The highest BCUT2D eigenvalue weighted by Gasteiger charge is 2.41. The van der Waals surface area contributed by atoms with Crippen LogP contribution in [0, 0.1) is 0 Å². The number of hydrogen-bond acceptors (Lipinski definition) is 3. The van der Waals surface area contributed by atoms with E-state index in [-0.39, 0.29) is 0 Å². The van der Waals surface area contributed by atoms with E-state index in [4.69, 9.17) is 0 Å². The lowest BCUT2D eigenvalue weighted by Crippen LogP contribution is -2.34. The molecule has 0 unspecified atom stereocenters. The second-order valence-corrected chi connectivity index (χ2v) is 2.01. The molecular formula is C6H5F2N3O. The van der Waals surface area contributed by atoms with Gasteiger partial charge in [0.2, 0.25) is 5.82 Å². The molecule has 12 heavy (non-hydrogen) atoms. The van der Waals surface area contributed by atoms with E-state index < -0.39 is 17.7 Å². The number of carbonyl (C=O) groups excluding carboxylic acids is 1. The average Bonchev–Trinajstić information content (AvgIpc) is 2.06. The van der Waals surface area contributed by atoms with Crippen LogP contribution in [0.4, 0.5) is 8.78 Å². The Morgan fingerprint density at radius 3 is 2.33 bits per heavy atom. The quantitative estimate of drug-likeness (QED) is 0.687. The van der Waals surface area contributed by atoms with Crippen LogP contribution in [0.1, 0.15) is 5.82 Å². The summed E-state index contributed by atoms with van der Waals surface area (Å²) in [6.07, 6.45) is 2.22. The lowest BCUT2D eigenvalue weighted by Gasteiger charge is -2.08. The zero-order valence-electron chi connectivity index (χ0n) is 5.87. The number of nitrogens with zero attached hydrogens (tertiary/aromatic N) is 2. The smallest absolute Gasteiger partial charge is 0.364 e. The molecule has 1 heterocycles. The van der Waals surface area contributed by atoms with Crippen molar-refractivity contribution in [1.82, 2.24) is 9.97 Å². The van der Waals surface area contributed by atoms with E-state index in [0.29, 0.717) is 0 Å². The van der Waals surface area contributed by atoms with E-state index >= 15 is 0 Å². The number of nitrogens with two attached hydrogens (primary N) is 1. The van der Waals surface area contributed by atoms with E-state index in [1.807, 2.05) is 0 Å². The zero-order chi connectivity index (χ0) is 9.19. The van der Waals surface area contributed by atoms with Gasteiger partial charge >= 0.3 is 5.92 Å². The van der Waals surface area contributed by atoms with Gasteiger partial charge in [-0.15, -0.1) is 0 Å². The molecule has 0 radical (unpaired) electrons. The van der Waals surface area contributed by atoms with Crippen LogP contribution in [0.15, 0.2) is 18.5 Å². The van der Waals surface area contributed by atoms with Gasteiger partial charge in [-0.3, -0.25) is 4.79 Å². The maximum atomic E-state index is 12.7. The Hall–Kier alpha value is -1.59. The van der Waals surface area contributed by atoms with Crippen molar-refractivity contribution in [3.63, 3.8) is 0 Å². The van der Waals surface area contributed by atoms with Gasteiger partial charge in [0.1, 0.15) is 0 Å². The summed E-state index contributed by atoms with van der Waals surface area (Å²) in [4.78, 5) is 16.6. The lowest BCUT2D eigenvalue weighted by atomic mass is 10.3. The lowest BCUT2D eigenvalue weighted by molar-refractivity contribution is -0.144. The topological polar surface area (TPSA) is 68.9 Å². The van der Waals surface area contributed by atoms with Crippen LogP contribution < -0.4 is 5.73 Å². The van der Waals surface area contributed by atoms with Gasteiger partial charge in [-0.2, -0.15) is 8.78 Å². The highest BCUT2D eigenvalue weighted by molar-refractivity contribution is 5.81. The van der Waals surface area contributed by atoms with Crippen molar-refractivity contribution in [2.24, 2.45) is 5.73 Å². The summed E-state index contributed by atoms with van der Waals surface area (Å²) in [7, 11) is 0. The Kier molecular flexibility index (Phi) is 1.99. The zero-order valence-corrected chi connectivity index (χ0v) is 5.87. The molecule has 6 heteroatoms. The number of hydrogen-bond donors (Lipinski definition) is 1. The van der Waals surface area contributed by atoms with Crippen LogP contribution in [0.2, 0.25) is 0 Å². The molecule has 1 rings (SSSR count). The van der Waals surface area contributed by atoms with Crippen LogP contribution >= 0.6 is 0 Å². The number of halogens is 2. The van der Waals surface area contributed by atoms with E-state index in [0.717, 1.165) is 12.4 Å². The maximum absolute atomic E-state index is 12.7. The molecule has 2 N–H and O–H groups in total. The predicted octanol–water partition coefficient (Wildman–Crippen LogP) is 0.0537. The van der Waals surface area contributed by atoms with Crippen molar-refractivity contribution in [3.8, 4) is 0 Å². The van der Waals surface area contributed by atoms with Crippen LogP contribution in [0.5, 0.6) is 0 Å². The Bertz CT molecular complexity index is 288. The van der Waals surface area contributed by atoms with Crippen molar-refractivity contribution in [2.75, 3.05) is 0 Å². The van der Waals surface area contributed by atoms with Crippen molar-refractivity contribution < 1.29 is 13.6 Å². The Morgan fingerprint density at radius 2 is 1.92 bits per heavy atom. The van der Waals surface area contributed by atoms with Gasteiger partial charge in [-0.1, -0.05) is 0 Å². The maximum Gasteiger partial charge on any atom is 0.382 e. The summed E-state index contributed by atoms with van der Waals surface area (Å²) in [6, 6.07) is 1.36. The summed E-state index contributed by atoms with van der Waals surface area (Å²) in [5.41, 5.74) is 4.43. The molecule has 0 aliphatic heterocycles. The SMILES string of the molecule is NC(=O)C(F)(F)c1ncccn1. The minimum atomic E-state index is -3.79. The molecule has 0 aliphatic rings. The van der Waals surface area contributed by atoms with Crippen LogP contribution in [0.25, 0.3) is 0 Å². The van der Waals surface area contributed by atoms with E-state index in [1.165, 1.54) is 6.07 Å². The van der Waals surface area contributed by atoms with Crippen molar-refractivity contribution in [3.05, 3.63) is 24.3 Å². The van der Waals surface area contributed by atoms with E-state index in [2.05, 4.69) is 15.7 Å². The fraction of sp³-hybridized carbons (Fsp3) is 0.167. The molecule has 0 spiro atoms. The molecule has 4 nitrogen and oxygen atoms in total. The number of aromatic nitrogens is 2. The summed E-state index contributed by atoms with van der Waals surface area (Å²) in [5.74, 6) is -6.42. The second-order valence-electron chi connectivity index (χ2n) is 2.01. The predicted molar refractivity (Wildman–Crippen MR) is 35.1 cm³/mol. The fourth-order valence-corrected chi connectivity index (χ4v) is 0.571. The summed E-state index contributed by atoms with van der Waals surface area (Å²) >= 11 is 0. The summed E-state index contributed by atoms with van der Waals surface area (Å²) in [6.45, 7) is 0. The Balaban J connectivity index is 3.06. The molecule has 1 aromatic heterocycles. The molecule has 0 saturated heterocycles. The minimum Gasteiger partial charge on any atom is -0.364 e. The third kappa shape index (κ3) is 1.36. The Morgan fingerprint density at radius 1 is 1.42 bits per heavy atom. The van der Waals surface area contributed by atoms with Crippen molar-refractivity contribution in [1.29, 1.82) is 0 Å². The van der Waals surface area contributed by atoms with Crippen LogP contribution in [-0.4, -0.2) is 15.9 Å². The van der Waals surface area contributed by atoms with Gasteiger partial charge in [0, 0.05) is 12.4 Å². The molecule has 64 valence electrons. The summed E-state index contributed by atoms with van der Waals surface area (Å²) < 4.78 is 25.4. The molecule has 0 saturated carbocycles. The molecule has 1 aromatic rings. The number of alkyl halides is 2. The third-order valence-corrected chi connectivity index (χ3v) is 1.16. The van der Waals surface area contributed by atoms with Gasteiger partial charge in [-0.25, -0.2) is 9.97 Å². The minimum absolute atomic E-state index is 0.877. The standard InChI is InChI=1S/C6H5F2N3O/c7-6(8,4(9)12)5-10-2-1-3-11-5/h1-3H,(H2,9,12).